The van der Waals surface area contributed by atoms with Gasteiger partial charge in [0, 0.05) is 30.1 Å². The predicted molar refractivity (Wildman–Crippen MR) is 99.6 cm³/mol. The van der Waals surface area contributed by atoms with Gasteiger partial charge in [-0.25, -0.2) is 4.98 Å². The molecule has 0 fully saturated rings. The molecule has 0 aliphatic carbocycles. The number of ether oxygens (including phenoxy) is 2. The summed E-state index contributed by atoms with van der Waals surface area (Å²) in [6, 6.07) is 17.7. The molecule has 1 aromatic carbocycles. The highest BCUT2D eigenvalue weighted by Gasteiger charge is 2.16. The van der Waals surface area contributed by atoms with Crippen LogP contribution >= 0.6 is 0 Å². The Morgan fingerprint density at radius 2 is 1.77 bits per heavy atom. The van der Waals surface area contributed by atoms with E-state index in [2.05, 4.69) is 16.0 Å². The molecule has 0 aliphatic rings. The Morgan fingerprint density at radius 3 is 2.46 bits per heavy atom. The van der Waals surface area contributed by atoms with Crippen molar-refractivity contribution in [1.82, 2.24) is 9.97 Å². The fourth-order valence-corrected chi connectivity index (χ4v) is 2.59. The first kappa shape index (κ1) is 17.6. The van der Waals surface area contributed by atoms with Crippen LogP contribution in [0.2, 0.25) is 0 Å². The normalized spacial score (nSPS) is 10.3. The minimum Gasteiger partial charge on any atom is -0.474 e. The van der Waals surface area contributed by atoms with E-state index in [1.165, 1.54) is 0 Å². The lowest BCUT2D eigenvalue weighted by atomic mass is 9.99. The maximum absolute atomic E-state index is 9.71. The molecule has 0 atom stereocenters. The monoisotopic (exact) mass is 345 g/mol. The number of pyridine rings is 2. The van der Waals surface area contributed by atoms with Crippen molar-refractivity contribution in [2.75, 3.05) is 19.8 Å². The Balaban J connectivity index is 2.08. The molecule has 0 N–H and O–H groups in total. The number of nitriles is 1. The summed E-state index contributed by atoms with van der Waals surface area (Å²) in [7, 11) is 0. The highest BCUT2D eigenvalue weighted by atomic mass is 16.5. The molecule has 3 rings (SSSR count). The molecule has 3 aromatic rings. The van der Waals surface area contributed by atoms with Crippen LogP contribution in [0.4, 0.5) is 0 Å². The molecule has 0 saturated heterocycles. The van der Waals surface area contributed by atoms with Gasteiger partial charge in [0.25, 0.3) is 0 Å². The van der Waals surface area contributed by atoms with Gasteiger partial charge in [0.1, 0.15) is 18.2 Å². The van der Waals surface area contributed by atoms with Crippen molar-refractivity contribution in [2.45, 2.75) is 6.92 Å². The minimum absolute atomic E-state index is 0.320. The Labute approximate surface area is 152 Å². The molecule has 0 radical (unpaired) electrons. The number of hydrogen-bond donors (Lipinski definition) is 0. The topological polar surface area (TPSA) is 68.0 Å². The van der Waals surface area contributed by atoms with E-state index < -0.39 is 0 Å². The predicted octanol–water partition coefficient (Wildman–Crippen LogP) is 4.10. The Kier molecular flexibility index (Phi) is 5.92. The molecule has 26 heavy (non-hydrogen) atoms. The van der Waals surface area contributed by atoms with Crippen molar-refractivity contribution in [2.24, 2.45) is 0 Å². The van der Waals surface area contributed by atoms with Crippen LogP contribution in [0.25, 0.3) is 22.4 Å². The second-order valence-corrected chi connectivity index (χ2v) is 5.49. The first-order valence-corrected chi connectivity index (χ1v) is 8.45. The summed E-state index contributed by atoms with van der Waals surface area (Å²) in [5, 5.41) is 9.71. The largest absolute Gasteiger partial charge is 0.474 e. The molecule has 5 nitrogen and oxygen atoms in total. The third-order valence-electron chi connectivity index (χ3n) is 3.83. The SMILES string of the molecule is CCOCCOc1nc(-c2ccccc2)cc(-c2ccncc2)c1C#N. The van der Waals surface area contributed by atoms with Crippen LogP contribution < -0.4 is 4.74 Å². The van der Waals surface area contributed by atoms with Crippen molar-refractivity contribution in [3.8, 4) is 34.3 Å². The fourth-order valence-electron chi connectivity index (χ4n) is 2.59. The van der Waals surface area contributed by atoms with Gasteiger partial charge in [-0.1, -0.05) is 30.3 Å². The van der Waals surface area contributed by atoms with E-state index in [0.29, 0.717) is 31.3 Å². The van der Waals surface area contributed by atoms with Gasteiger partial charge in [0.05, 0.1) is 12.3 Å². The van der Waals surface area contributed by atoms with Gasteiger partial charge >= 0.3 is 0 Å². The number of nitrogens with zero attached hydrogens (tertiary/aromatic N) is 3. The van der Waals surface area contributed by atoms with E-state index in [0.717, 1.165) is 22.4 Å². The molecule has 0 spiro atoms. The quantitative estimate of drug-likeness (QED) is 0.603. The fraction of sp³-hybridized carbons (Fsp3) is 0.190. The van der Waals surface area contributed by atoms with Crippen molar-refractivity contribution in [3.63, 3.8) is 0 Å². The molecule has 0 unspecified atom stereocenters. The van der Waals surface area contributed by atoms with Gasteiger partial charge in [-0.2, -0.15) is 5.26 Å². The van der Waals surface area contributed by atoms with Crippen molar-refractivity contribution in [3.05, 3.63) is 66.5 Å². The maximum atomic E-state index is 9.71. The summed E-state index contributed by atoms with van der Waals surface area (Å²) >= 11 is 0. The van der Waals surface area contributed by atoms with E-state index >= 15 is 0 Å². The highest BCUT2D eigenvalue weighted by Crippen LogP contribution is 2.33. The molecule has 2 aromatic heterocycles. The van der Waals surface area contributed by atoms with Crippen LogP contribution in [0, 0.1) is 11.3 Å². The average molecular weight is 345 g/mol. The maximum Gasteiger partial charge on any atom is 0.232 e. The third-order valence-corrected chi connectivity index (χ3v) is 3.83. The molecule has 130 valence electrons. The zero-order valence-electron chi connectivity index (χ0n) is 14.6. The highest BCUT2D eigenvalue weighted by molar-refractivity contribution is 5.77. The standard InChI is InChI=1S/C21H19N3O2/c1-2-25-12-13-26-21-19(15-22)18(16-8-10-23-11-9-16)14-20(24-21)17-6-4-3-5-7-17/h3-11,14H,2,12-13H2,1H3. The minimum atomic E-state index is 0.320. The van der Waals surface area contributed by atoms with Crippen LogP contribution in [-0.2, 0) is 4.74 Å². The molecule has 5 heteroatoms. The van der Waals surface area contributed by atoms with E-state index in [-0.39, 0.29) is 0 Å². The average Bonchev–Trinajstić information content (AvgIpc) is 2.72. The second kappa shape index (κ2) is 8.75. The second-order valence-electron chi connectivity index (χ2n) is 5.49. The van der Waals surface area contributed by atoms with Crippen molar-refractivity contribution < 1.29 is 9.47 Å². The molecule has 0 amide bonds. The summed E-state index contributed by atoms with van der Waals surface area (Å²) in [6.45, 7) is 3.33. The van der Waals surface area contributed by atoms with Crippen LogP contribution in [0.1, 0.15) is 12.5 Å². The first-order valence-electron chi connectivity index (χ1n) is 8.45. The van der Waals surface area contributed by atoms with Crippen molar-refractivity contribution >= 4 is 0 Å². The Morgan fingerprint density at radius 1 is 1.00 bits per heavy atom. The zero-order valence-corrected chi connectivity index (χ0v) is 14.6. The Hall–Kier alpha value is -3.23. The molecule has 0 aliphatic heterocycles. The van der Waals surface area contributed by atoms with Crippen molar-refractivity contribution in [1.29, 1.82) is 5.26 Å². The molecule has 2 heterocycles. The number of hydrogen-bond acceptors (Lipinski definition) is 5. The summed E-state index contributed by atoms with van der Waals surface area (Å²) in [4.78, 5) is 8.63. The molecular formula is C21H19N3O2. The van der Waals surface area contributed by atoms with Crippen LogP contribution in [0.15, 0.2) is 60.9 Å². The van der Waals surface area contributed by atoms with E-state index in [4.69, 9.17) is 9.47 Å². The van der Waals surface area contributed by atoms with Gasteiger partial charge in [-0.3, -0.25) is 4.98 Å². The Bertz CT molecular complexity index is 890. The van der Waals surface area contributed by atoms with Crippen LogP contribution in [0.5, 0.6) is 5.88 Å². The van der Waals surface area contributed by atoms with Gasteiger partial charge < -0.3 is 9.47 Å². The lowest BCUT2D eigenvalue weighted by Crippen LogP contribution is -2.09. The van der Waals surface area contributed by atoms with Crippen LogP contribution in [-0.4, -0.2) is 29.8 Å². The van der Waals surface area contributed by atoms with Gasteiger partial charge in [0.2, 0.25) is 5.88 Å². The smallest absolute Gasteiger partial charge is 0.232 e. The van der Waals surface area contributed by atoms with E-state index in [1.807, 2.05) is 55.5 Å². The lowest BCUT2D eigenvalue weighted by Gasteiger charge is -2.13. The summed E-state index contributed by atoms with van der Waals surface area (Å²) in [6.07, 6.45) is 3.41. The third kappa shape index (κ3) is 4.05. The molecule has 0 saturated carbocycles. The number of aromatic nitrogens is 2. The number of benzene rings is 1. The summed E-state index contributed by atoms with van der Waals surface area (Å²) < 4.78 is 11.1. The van der Waals surface area contributed by atoms with Gasteiger partial charge in [0.15, 0.2) is 0 Å². The van der Waals surface area contributed by atoms with E-state index in [9.17, 15) is 5.26 Å². The van der Waals surface area contributed by atoms with E-state index in [1.54, 1.807) is 12.4 Å². The summed E-state index contributed by atoms with van der Waals surface area (Å²) in [5.41, 5.74) is 3.79. The molecular weight excluding hydrogens is 326 g/mol. The number of rotatable bonds is 7. The van der Waals surface area contributed by atoms with Crippen LogP contribution in [0.3, 0.4) is 0 Å². The first-order chi connectivity index (χ1) is 12.8. The van der Waals surface area contributed by atoms with Gasteiger partial charge in [-0.15, -0.1) is 0 Å². The lowest BCUT2D eigenvalue weighted by molar-refractivity contribution is 0.108. The van der Waals surface area contributed by atoms with Gasteiger partial charge in [-0.05, 0) is 30.7 Å². The summed E-state index contributed by atoms with van der Waals surface area (Å²) in [5.74, 6) is 0.320. The molecule has 0 bridgehead atoms. The zero-order chi connectivity index (χ0) is 18.2.